The first-order valence-corrected chi connectivity index (χ1v) is 11.5. The molecule has 0 saturated carbocycles. The van der Waals surface area contributed by atoms with Gasteiger partial charge in [0.05, 0.1) is 12.8 Å². The number of aryl methyl sites for hydroxylation is 1. The van der Waals surface area contributed by atoms with Crippen LogP contribution in [0, 0.1) is 18.3 Å². The molecule has 180 valence electrons. The van der Waals surface area contributed by atoms with Gasteiger partial charge < -0.3 is 15.2 Å². The third kappa shape index (κ3) is 5.68. The van der Waals surface area contributed by atoms with Crippen LogP contribution in [0.4, 0.5) is 5.69 Å². The summed E-state index contributed by atoms with van der Waals surface area (Å²) in [6.07, 6.45) is 0.564. The fourth-order valence-corrected chi connectivity index (χ4v) is 3.98. The largest absolute Gasteiger partial charge is 0.504 e. The Balaban J connectivity index is 1.55. The SMILES string of the molecule is COc1cc(-c2cc(C[C@@H](C)c3cccc(NC(=O)c4cccc(C)c4)c3)nc(C#N)n2)ccc1O. The summed E-state index contributed by atoms with van der Waals surface area (Å²) in [5.74, 6) is 0.320. The highest BCUT2D eigenvalue weighted by Gasteiger charge is 2.14. The summed E-state index contributed by atoms with van der Waals surface area (Å²) in [5.41, 5.74) is 5.36. The zero-order chi connectivity index (χ0) is 25.7. The number of hydrogen-bond donors (Lipinski definition) is 2. The summed E-state index contributed by atoms with van der Waals surface area (Å²) < 4.78 is 5.20. The van der Waals surface area contributed by atoms with Crippen molar-refractivity contribution < 1.29 is 14.6 Å². The number of benzene rings is 3. The number of aromatic nitrogens is 2. The number of aromatic hydroxyl groups is 1. The van der Waals surface area contributed by atoms with E-state index in [4.69, 9.17) is 4.74 Å². The molecule has 0 radical (unpaired) electrons. The van der Waals surface area contributed by atoms with E-state index in [0.29, 0.717) is 40.4 Å². The average molecular weight is 479 g/mol. The number of nitrogens with zero attached hydrogens (tertiary/aromatic N) is 3. The summed E-state index contributed by atoms with van der Waals surface area (Å²) in [7, 11) is 1.48. The summed E-state index contributed by atoms with van der Waals surface area (Å²) in [4.78, 5) is 21.4. The smallest absolute Gasteiger partial charge is 0.255 e. The minimum atomic E-state index is -0.160. The molecule has 1 aromatic heterocycles. The maximum Gasteiger partial charge on any atom is 0.255 e. The molecular weight excluding hydrogens is 452 g/mol. The third-order valence-electron chi connectivity index (χ3n) is 5.86. The van der Waals surface area contributed by atoms with Crippen molar-refractivity contribution in [1.29, 1.82) is 5.26 Å². The number of phenolic OH excluding ortho intramolecular Hbond substituents is 1. The Bertz CT molecular complexity index is 1460. The van der Waals surface area contributed by atoms with Crippen LogP contribution in [0.2, 0.25) is 0 Å². The number of nitrogens with one attached hydrogen (secondary N) is 1. The number of ether oxygens (including phenoxy) is 1. The standard InChI is InChI=1S/C29H26N4O3/c1-18-6-4-8-22(12-18)29(35)32-23-9-5-7-20(14-23)19(2)13-24-16-25(33-28(17-30)31-24)21-10-11-26(34)27(15-21)36-3/h4-12,14-16,19,34H,13H2,1-3H3,(H,32,35)/t19-/m1/s1. The summed E-state index contributed by atoms with van der Waals surface area (Å²) in [5, 5.41) is 22.3. The lowest BCUT2D eigenvalue weighted by molar-refractivity contribution is 0.102. The quantitative estimate of drug-likeness (QED) is 0.356. The van der Waals surface area contributed by atoms with Gasteiger partial charge in [-0.2, -0.15) is 5.26 Å². The van der Waals surface area contributed by atoms with Crippen LogP contribution in [0.1, 0.15) is 45.8 Å². The number of carbonyl (C=O) groups excluding carboxylic acids is 1. The van der Waals surface area contributed by atoms with Crippen LogP contribution >= 0.6 is 0 Å². The molecule has 0 aliphatic carbocycles. The zero-order valence-corrected chi connectivity index (χ0v) is 20.3. The molecule has 1 amide bonds. The monoisotopic (exact) mass is 478 g/mol. The second-order valence-electron chi connectivity index (χ2n) is 8.62. The second kappa shape index (κ2) is 10.7. The lowest BCUT2D eigenvalue weighted by Gasteiger charge is -2.14. The average Bonchev–Trinajstić information content (AvgIpc) is 2.88. The number of carbonyl (C=O) groups is 1. The lowest BCUT2D eigenvalue weighted by atomic mass is 9.95. The lowest BCUT2D eigenvalue weighted by Crippen LogP contribution is -2.12. The molecule has 2 N–H and O–H groups in total. The van der Waals surface area contributed by atoms with Crippen LogP contribution in [0.25, 0.3) is 11.3 Å². The highest BCUT2D eigenvalue weighted by atomic mass is 16.5. The maximum absolute atomic E-state index is 12.7. The molecule has 0 spiro atoms. The molecule has 0 bridgehead atoms. The first kappa shape index (κ1) is 24.4. The van der Waals surface area contributed by atoms with Crippen molar-refractivity contribution in [2.24, 2.45) is 0 Å². The number of phenols is 1. The van der Waals surface area contributed by atoms with Crippen molar-refractivity contribution in [3.8, 4) is 28.8 Å². The maximum atomic E-state index is 12.7. The van der Waals surface area contributed by atoms with Crippen LogP contribution in [0.3, 0.4) is 0 Å². The first-order valence-electron chi connectivity index (χ1n) is 11.5. The molecule has 4 aromatic rings. The van der Waals surface area contributed by atoms with Crippen LogP contribution < -0.4 is 10.1 Å². The molecular formula is C29H26N4O3. The van der Waals surface area contributed by atoms with E-state index in [-0.39, 0.29) is 23.4 Å². The summed E-state index contributed by atoms with van der Waals surface area (Å²) in [6, 6.07) is 24.0. The number of nitriles is 1. The number of methoxy groups -OCH3 is 1. The topological polar surface area (TPSA) is 108 Å². The van der Waals surface area contributed by atoms with Gasteiger partial charge in [-0.1, -0.05) is 36.8 Å². The van der Waals surface area contributed by atoms with E-state index in [1.807, 2.05) is 61.5 Å². The predicted molar refractivity (Wildman–Crippen MR) is 138 cm³/mol. The fourth-order valence-electron chi connectivity index (χ4n) is 3.98. The van der Waals surface area contributed by atoms with Gasteiger partial charge in [0.2, 0.25) is 5.82 Å². The van der Waals surface area contributed by atoms with E-state index >= 15 is 0 Å². The van der Waals surface area contributed by atoms with Crippen LogP contribution in [-0.4, -0.2) is 28.1 Å². The molecule has 0 aliphatic heterocycles. The predicted octanol–water partition coefficient (Wildman–Crippen LogP) is 5.64. The fraction of sp³-hybridized carbons (Fsp3) is 0.172. The van der Waals surface area contributed by atoms with Gasteiger partial charge in [0.15, 0.2) is 11.5 Å². The normalized spacial score (nSPS) is 11.4. The van der Waals surface area contributed by atoms with Gasteiger partial charge in [0.25, 0.3) is 5.91 Å². The van der Waals surface area contributed by atoms with Gasteiger partial charge >= 0.3 is 0 Å². The van der Waals surface area contributed by atoms with E-state index in [0.717, 1.165) is 11.1 Å². The van der Waals surface area contributed by atoms with Crippen LogP contribution in [-0.2, 0) is 6.42 Å². The van der Waals surface area contributed by atoms with Gasteiger partial charge in [0, 0.05) is 22.5 Å². The summed E-state index contributed by atoms with van der Waals surface area (Å²) in [6.45, 7) is 4.02. The van der Waals surface area contributed by atoms with Crippen LogP contribution in [0.5, 0.6) is 11.5 Å². The number of hydrogen-bond acceptors (Lipinski definition) is 6. The Morgan fingerprint density at radius 1 is 1.08 bits per heavy atom. The third-order valence-corrected chi connectivity index (χ3v) is 5.86. The molecule has 4 rings (SSSR count). The molecule has 0 unspecified atom stereocenters. The minimum Gasteiger partial charge on any atom is -0.504 e. The Kier molecular flexibility index (Phi) is 7.26. The molecule has 7 heteroatoms. The van der Waals surface area contributed by atoms with Gasteiger partial charge in [-0.15, -0.1) is 0 Å². The highest BCUT2D eigenvalue weighted by molar-refractivity contribution is 6.04. The van der Waals surface area contributed by atoms with Crippen molar-refractivity contribution in [2.45, 2.75) is 26.2 Å². The molecule has 36 heavy (non-hydrogen) atoms. The molecule has 1 atom stereocenters. The Labute approximate surface area is 210 Å². The molecule has 0 saturated heterocycles. The van der Waals surface area contributed by atoms with Gasteiger partial charge in [0.1, 0.15) is 6.07 Å². The number of amides is 1. The summed E-state index contributed by atoms with van der Waals surface area (Å²) >= 11 is 0. The molecule has 7 nitrogen and oxygen atoms in total. The van der Waals surface area contributed by atoms with Crippen molar-refractivity contribution >= 4 is 11.6 Å². The molecule has 0 aliphatic rings. The van der Waals surface area contributed by atoms with E-state index in [1.165, 1.54) is 13.2 Å². The second-order valence-corrected chi connectivity index (χ2v) is 8.62. The van der Waals surface area contributed by atoms with Crippen molar-refractivity contribution in [1.82, 2.24) is 9.97 Å². The van der Waals surface area contributed by atoms with Crippen LogP contribution in [0.15, 0.2) is 72.8 Å². The highest BCUT2D eigenvalue weighted by Crippen LogP contribution is 2.31. The van der Waals surface area contributed by atoms with E-state index < -0.39 is 0 Å². The van der Waals surface area contributed by atoms with Crippen molar-refractivity contribution in [3.05, 3.63) is 101 Å². The van der Waals surface area contributed by atoms with E-state index in [1.54, 1.807) is 18.2 Å². The Hall–Kier alpha value is -4.70. The number of rotatable bonds is 7. The Morgan fingerprint density at radius 2 is 1.89 bits per heavy atom. The van der Waals surface area contributed by atoms with E-state index in [9.17, 15) is 15.2 Å². The molecule has 3 aromatic carbocycles. The first-order chi connectivity index (χ1) is 17.4. The van der Waals surface area contributed by atoms with E-state index in [2.05, 4.69) is 22.2 Å². The molecule has 0 fully saturated rings. The van der Waals surface area contributed by atoms with Gasteiger partial charge in [-0.05, 0) is 73.4 Å². The zero-order valence-electron chi connectivity index (χ0n) is 20.3. The van der Waals surface area contributed by atoms with Gasteiger partial charge in [-0.3, -0.25) is 4.79 Å². The van der Waals surface area contributed by atoms with Crippen molar-refractivity contribution in [2.75, 3.05) is 12.4 Å². The number of anilines is 1. The van der Waals surface area contributed by atoms with Gasteiger partial charge in [-0.25, -0.2) is 9.97 Å². The van der Waals surface area contributed by atoms with Crippen molar-refractivity contribution in [3.63, 3.8) is 0 Å². The minimum absolute atomic E-state index is 0.0269. The Morgan fingerprint density at radius 3 is 2.64 bits per heavy atom. The molecule has 1 heterocycles.